The van der Waals surface area contributed by atoms with Gasteiger partial charge in [0.25, 0.3) is 0 Å². The first-order chi connectivity index (χ1) is 33.8. The normalized spacial score (nSPS) is 40.1. The van der Waals surface area contributed by atoms with E-state index in [1.165, 1.54) is 14.0 Å². The van der Waals surface area contributed by atoms with Gasteiger partial charge in [0.2, 0.25) is 0 Å². The number of nitrogens with one attached hydrogen (secondary N) is 1. The first kappa shape index (κ1) is 59.7. The minimum atomic E-state index is -1.91. The number of benzene rings is 1. The number of nitrogen functional groups attached to an aromatic ring is 1. The molecule has 19 atom stereocenters. The molecule has 7 N–H and O–H groups in total. The van der Waals surface area contributed by atoms with Gasteiger partial charge in [-0.3, -0.25) is 14.2 Å². The molecule has 1 aromatic rings. The zero-order chi connectivity index (χ0) is 53.6. The van der Waals surface area contributed by atoms with Crippen LogP contribution in [0.1, 0.15) is 113 Å². The number of carbonyl (C=O) groups excluding carboxylic acids is 1. The summed E-state index contributed by atoms with van der Waals surface area (Å²) < 4.78 is 52.9. The van der Waals surface area contributed by atoms with E-state index < -0.39 is 108 Å². The molecule has 410 valence electrons. The predicted octanol–water partition coefficient (Wildman–Crippen LogP) is 4.64. The highest BCUT2D eigenvalue weighted by Crippen LogP contribution is 2.45. The van der Waals surface area contributed by atoms with E-state index in [4.69, 9.17) is 40.6 Å². The lowest BCUT2D eigenvalue weighted by Crippen LogP contribution is -2.61. The van der Waals surface area contributed by atoms with Crippen molar-refractivity contribution < 1.29 is 58.0 Å². The van der Waals surface area contributed by atoms with Crippen LogP contribution in [0.2, 0.25) is 0 Å². The summed E-state index contributed by atoms with van der Waals surface area (Å²) in [6.07, 6.45) is 3.33. The second-order valence-corrected chi connectivity index (χ2v) is 22.3. The fourth-order valence-electron chi connectivity index (χ4n) is 12.1. The van der Waals surface area contributed by atoms with E-state index in [1.54, 1.807) is 46.9 Å². The summed E-state index contributed by atoms with van der Waals surface area (Å²) >= 11 is 0. The van der Waals surface area contributed by atoms with Crippen LogP contribution >= 0.6 is 0 Å². The molecule has 17 nitrogen and oxygen atoms in total. The van der Waals surface area contributed by atoms with E-state index >= 15 is 0 Å². The average molecular weight is 1020 g/mol. The van der Waals surface area contributed by atoms with Crippen LogP contribution in [0.3, 0.4) is 0 Å². The van der Waals surface area contributed by atoms with Crippen LogP contribution < -0.4 is 11.2 Å². The van der Waals surface area contributed by atoms with Crippen LogP contribution in [0.15, 0.2) is 36.2 Å². The Morgan fingerprint density at radius 2 is 1.69 bits per heavy atom. The highest BCUT2D eigenvalue weighted by atomic mass is 19.1. The van der Waals surface area contributed by atoms with E-state index in [1.807, 2.05) is 75.1 Å². The Morgan fingerprint density at radius 3 is 2.29 bits per heavy atom. The molecule has 4 aliphatic heterocycles. The number of alkyl halides is 1. The van der Waals surface area contributed by atoms with Crippen LogP contribution in [0.25, 0.3) is 0 Å². The van der Waals surface area contributed by atoms with Crippen molar-refractivity contribution in [1.29, 1.82) is 0 Å². The maximum atomic E-state index is 14.7. The molecule has 0 bridgehead atoms. The molecule has 0 spiro atoms. The lowest BCUT2D eigenvalue weighted by molar-refractivity contribution is -0.270. The summed E-state index contributed by atoms with van der Waals surface area (Å²) in [6.45, 7) is 17.1. The number of anilines is 1. The molecule has 4 heterocycles. The van der Waals surface area contributed by atoms with Crippen molar-refractivity contribution >= 4 is 11.7 Å². The fraction of sp³-hybridized carbons (Fsp3) is 0.796. The van der Waals surface area contributed by atoms with Crippen molar-refractivity contribution in [3.63, 3.8) is 0 Å². The van der Waals surface area contributed by atoms with E-state index in [0.29, 0.717) is 44.6 Å². The number of carbonyl (C=O) groups is 1. The Bertz CT molecular complexity index is 1960. The largest absolute Gasteiger partial charge is 0.459 e. The number of hydrogen-bond donors (Lipinski definition) is 6. The van der Waals surface area contributed by atoms with Gasteiger partial charge in [0.15, 0.2) is 11.9 Å². The topological polar surface area (TPSA) is 204 Å². The molecule has 0 radical (unpaired) electrons. The average Bonchev–Trinajstić information content (AvgIpc) is 3.69. The second kappa shape index (κ2) is 25.1. The molecular formula is C54H91FN6O11. The van der Waals surface area contributed by atoms with Gasteiger partial charge in [-0.1, -0.05) is 45.7 Å². The lowest BCUT2D eigenvalue weighted by Gasteiger charge is -2.51. The summed E-state index contributed by atoms with van der Waals surface area (Å²) in [7, 11) is 8.93. The maximum absolute atomic E-state index is 14.7. The monoisotopic (exact) mass is 1020 g/mol. The number of nitrogens with zero attached hydrogens (tertiary/aromatic N) is 4. The molecule has 5 rings (SSSR count). The van der Waals surface area contributed by atoms with Gasteiger partial charge >= 0.3 is 5.97 Å². The van der Waals surface area contributed by atoms with Crippen molar-refractivity contribution in [2.24, 2.45) is 29.6 Å². The number of cyclic esters (lactones) is 1. The first-order valence-corrected chi connectivity index (χ1v) is 26.1. The van der Waals surface area contributed by atoms with E-state index in [2.05, 4.69) is 23.3 Å². The second-order valence-electron chi connectivity index (χ2n) is 22.3. The van der Waals surface area contributed by atoms with Crippen molar-refractivity contribution in [3.8, 4) is 12.3 Å². The van der Waals surface area contributed by atoms with Gasteiger partial charge in [-0.15, -0.1) is 11.5 Å². The third-order valence-corrected chi connectivity index (χ3v) is 16.7. The third-order valence-electron chi connectivity index (χ3n) is 16.7. The van der Waals surface area contributed by atoms with Crippen molar-refractivity contribution in [2.45, 2.75) is 185 Å². The third kappa shape index (κ3) is 13.6. The number of rotatable bonds is 15. The zero-order valence-electron chi connectivity index (χ0n) is 45.7. The van der Waals surface area contributed by atoms with Crippen LogP contribution in [-0.2, 0) is 33.2 Å². The minimum Gasteiger partial charge on any atom is -0.459 e. The van der Waals surface area contributed by atoms with Gasteiger partial charge in [-0.05, 0) is 97.5 Å². The molecular weight excluding hydrogens is 928 g/mol. The number of methoxy groups -OCH3 is 2. The van der Waals surface area contributed by atoms with Crippen LogP contribution in [0.4, 0.5) is 10.1 Å². The highest BCUT2D eigenvalue weighted by molar-refractivity contribution is 5.73. The van der Waals surface area contributed by atoms with E-state index in [-0.39, 0.29) is 37.3 Å². The van der Waals surface area contributed by atoms with E-state index in [0.717, 1.165) is 11.3 Å². The predicted molar refractivity (Wildman–Crippen MR) is 274 cm³/mol. The Kier molecular flexibility index (Phi) is 20.8. The Balaban J connectivity index is 1.44. The number of likely N-dealkylation sites (N-methyl/N-ethyl adjacent to an activating group) is 1. The number of aliphatic hydroxyl groups is 4. The Morgan fingerprint density at radius 1 is 1.03 bits per heavy atom. The van der Waals surface area contributed by atoms with Crippen molar-refractivity contribution in [1.82, 2.24) is 25.4 Å². The molecule has 0 aliphatic carbocycles. The molecule has 4 aliphatic rings. The Hall–Kier alpha value is -3.16. The number of hydrazine groups is 2. The SMILES string of the molecule is C#C[C@@]1(O)C[C@@H](C)CN(C)[C@H](C)[C@@H](O)[C@](C)(O)[C@@H](CC)OC(=O)[C@H](C)[C@@H](C2C[C@@](C)(OC)[C@@H](O)[C@H](C)O2)[C@H](C)[C@H]1O[C@H]1C[C@@H](N(C)CCC2=CN(C[C@H](CF)[C@H](OC)c3ccc(N)cc3)N(C)N2)C[C@@H](C)O1. The van der Waals surface area contributed by atoms with Crippen LogP contribution in [0.5, 0.6) is 0 Å². The number of halogens is 1. The number of nitrogens with two attached hydrogens (primary N) is 1. The minimum absolute atomic E-state index is 0.000232. The molecule has 3 saturated heterocycles. The Labute approximate surface area is 429 Å². The molecule has 1 aromatic carbocycles. The van der Waals surface area contributed by atoms with E-state index in [9.17, 15) is 29.6 Å². The summed E-state index contributed by atoms with van der Waals surface area (Å²) in [6, 6.07) is 6.75. The maximum Gasteiger partial charge on any atom is 0.309 e. The van der Waals surface area contributed by atoms with Crippen molar-refractivity contribution in [2.75, 3.05) is 67.4 Å². The summed E-state index contributed by atoms with van der Waals surface area (Å²) in [5.41, 5.74) is 7.00. The molecule has 18 heteroatoms. The van der Waals surface area contributed by atoms with Gasteiger partial charge in [0, 0.05) is 102 Å². The summed E-state index contributed by atoms with van der Waals surface area (Å²) in [4.78, 5) is 18.9. The van der Waals surface area contributed by atoms with Gasteiger partial charge in [-0.2, -0.15) is 0 Å². The molecule has 1 unspecified atom stereocenters. The molecule has 0 aromatic heterocycles. The molecule has 0 amide bonds. The van der Waals surface area contributed by atoms with Gasteiger partial charge in [0.1, 0.15) is 30.0 Å². The standard InChI is InChI=1S/C54H91FN6O11/c1-16-44-53(10,65)48(62)36(7)59(12)29-32(3)26-54(66,17-2)50(34(5)46(35(6)51(64)71-44)43-27-52(9,68-15)49(63)37(8)70-43)72-45-25-42(24-33(4)69-45)58(11)23-22-41-31-61(60(13)57-41)30-39(28-55)47(67-14)38-18-20-40(56)21-19-38/h2,18-21,31-37,39,42-50,57,62-63,65-66H,16,22-30,56H2,1,3-15H3/t32-,33-,34+,35-,36-,37+,39+,42+,43?,44-,45+,46+,47-,48-,49+,50-,52-,53-,54-/m1/s1. The summed E-state index contributed by atoms with van der Waals surface area (Å²) in [5.74, 6) is -0.970. The summed E-state index contributed by atoms with van der Waals surface area (Å²) in [5, 5.41) is 51.8. The molecule has 0 saturated carbocycles. The number of esters is 1. The smallest absolute Gasteiger partial charge is 0.309 e. The quantitative estimate of drug-likeness (QED) is 0.0805. The zero-order valence-corrected chi connectivity index (χ0v) is 45.7. The fourth-order valence-corrected chi connectivity index (χ4v) is 12.1. The number of ether oxygens (including phenoxy) is 6. The van der Waals surface area contributed by atoms with Crippen LogP contribution in [0, 0.1) is 41.9 Å². The molecule has 72 heavy (non-hydrogen) atoms. The van der Waals surface area contributed by atoms with Gasteiger partial charge in [-0.25, -0.2) is 0 Å². The van der Waals surface area contributed by atoms with Crippen LogP contribution in [-0.4, -0.2) is 186 Å². The highest BCUT2D eigenvalue weighted by Gasteiger charge is 2.55. The van der Waals surface area contributed by atoms with Gasteiger partial charge in [0.05, 0.1) is 42.6 Å². The first-order valence-electron chi connectivity index (χ1n) is 26.1. The number of hydrogen-bond acceptors (Lipinski definition) is 17. The number of aliphatic hydroxyl groups excluding tert-OH is 2. The van der Waals surface area contributed by atoms with Gasteiger partial charge < -0.3 is 69.8 Å². The number of terminal acetylenes is 1. The van der Waals surface area contributed by atoms with Crippen molar-refractivity contribution in [3.05, 3.63) is 41.7 Å². The molecule has 3 fully saturated rings. The lowest BCUT2D eigenvalue weighted by atomic mass is 9.68.